The van der Waals surface area contributed by atoms with Crippen LogP contribution in [-0.2, 0) is 6.42 Å². The Hall–Kier alpha value is -1.02. The summed E-state index contributed by atoms with van der Waals surface area (Å²) in [4.78, 5) is 0. The highest BCUT2D eigenvalue weighted by Gasteiger charge is 2.19. The van der Waals surface area contributed by atoms with Crippen molar-refractivity contribution in [2.75, 3.05) is 20.2 Å². The van der Waals surface area contributed by atoms with Crippen molar-refractivity contribution in [3.05, 3.63) is 29.3 Å². The third kappa shape index (κ3) is 1.75. The lowest BCUT2D eigenvalue weighted by Crippen LogP contribution is -2.10. The number of hydrogen-bond donors (Lipinski definition) is 1. The van der Waals surface area contributed by atoms with Crippen LogP contribution >= 0.6 is 0 Å². The second-order valence-corrected chi connectivity index (χ2v) is 3.94. The molecule has 0 aliphatic carbocycles. The van der Waals surface area contributed by atoms with E-state index in [-0.39, 0.29) is 0 Å². The molecule has 76 valence electrons. The van der Waals surface area contributed by atoms with Crippen LogP contribution in [0.5, 0.6) is 5.75 Å². The van der Waals surface area contributed by atoms with Gasteiger partial charge in [-0.15, -0.1) is 0 Å². The summed E-state index contributed by atoms with van der Waals surface area (Å²) < 4.78 is 5.61. The van der Waals surface area contributed by atoms with Crippen LogP contribution in [0.4, 0.5) is 0 Å². The minimum Gasteiger partial charge on any atom is -0.493 e. The van der Waals surface area contributed by atoms with Crippen molar-refractivity contribution in [3.63, 3.8) is 0 Å². The molecule has 0 radical (unpaired) electrons. The molecule has 0 saturated heterocycles. The lowest BCUT2D eigenvalue weighted by atomic mass is 10.0. The number of benzene rings is 1. The lowest BCUT2D eigenvalue weighted by Gasteiger charge is -2.04. The zero-order valence-electron chi connectivity index (χ0n) is 8.84. The fourth-order valence-corrected chi connectivity index (χ4v) is 1.84. The molecule has 2 heteroatoms. The molecule has 2 nitrogen and oxygen atoms in total. The van der Waals surface area contributed by atoms with Crippen LogP contribution in [0, 0.1) is 0 Å². The number of ether oxygens (including phenoxy) is 1. The predicted molar refractivity (Wildman–Crippen MR) is 58.0 cm³/mol. The van der Waals surface area contributed by atoms with Crippen LogP contribution in [0.25, 0.3) is 0 Å². The monoisotopic (exact) mass is 191 g/mol. The molecule has 2 rings (SSSR count). The molecule has 0 saturated carbocycles. The van der Waals surface area contributed by atoms with Gasteiger partial charge in [0.2, 0.25) is 0 Å². The smallest absolute Gasteiger partial charge is 0.123 e. The molecule has 1 N–H and O–H groups in total. The van der Waals surface area contributed by atoms with Crippen molar-refractivity contribution >= 4 is 0 Å². The van der Waals surface area contributed by atoms with Crippen molar-refractivity contribution in [3.8, 4) is 5.75 Å². The first-order valence-electron chi connectivity index (χ1n) is 5.21. The van der Waals surface area contributed by atoms with E-state index in [1.165, 1.54) is 11.1 Å². The molecule has 14 heavy (non-hydrogen) atoms. The third-order valence-corrected chi connectivity index (χ3v) is 2.76. The average molecular weight is 191 g/mol. The summed E-state index contributed by atoms with van der Waals surface area (Å²) in [5.74, 6) is 1.65. The lowest BCUT2D eigenvalue weighted by molar-refractivity contribution is 0.337. The summed E-state index contributed by atoms with van der Waals surface area (Å²) in [6, 6.07) is 6.59. The Morgan fingerprint density at radius 1 is 1.50 bits per heavy atom. The number of rotatable bonds is 3. The molecule has 1 aromatic rings. The van der Waals surface area contributed by atoms with Gasteiger partial charge in [-0.05, 0) is 31.6 Å². The van der Waals surface area contributed by atoms with E-state index >= 15 is 0 Å². The third-order valence-electron chi connectivity index (χ3n) is 2.76. The largest absolute Gasteiger partial charge is 0.493 e. The highest BCUT2D eigenvalue weighted by Crippen LogP contribution is 2.33. The molecule has 0 bridgehead atoms. The normalized spacial score (nSPS) is 19.1. The van der Waals surface area contributed by atoms with Crippen LogP contribution in [0.1, 0.15) is 24.0 Å². The van der Waals surface area contributed by atoms with Gasteiger partial charge in [0, 0.05) is 11.5 Å². The van der Waals surface area contributed by atoms with Crippen molar-refractivity contribution in [2.45, 2.75) is 19.3 Å². The molecular formula is C12H17NO. The quantitative estimate of drug-likeness (QED) is 0.788. The van der Waals surface area contributed by atoms with E-state index in [0.717, 1.165) is 25.3 Å². The second kappa shape index (κ2) is 4.01. The molecule has 1 heterocycles. The van der Waals surface area contributed by atoms with Crippen LogP contribution in [0.3, 0.4) is 0 Å². The predicted octanol–water partition coefficient (Wildman–Crippen LogP) is 1.94. The number of nitrogens with one attached hydrogen (secondary N) is 1. The van der Waals surface area contributed by atoms with E-state index < -0.39 is 0 Å². The van der Waals surface area contributed by atoms with Crippen LogP contribution in [-0.4, -0.2) is 20.2 Å². The molecule has 1 aliphatic rings. The van der Waals surface area contributed by atoms with Gasteiger partial charge in [-0.25, -0.2) is 0 Å². The topological polar surface area (TPSA) is 21.3 Å². The first-order valence-corrected chi connectivity index (χ1v) is 5.21. The van der Waals surface area contributed by atoms with Crippen molar-refractivity contribution in [1.29, 1.82) is 0 Å². The average Bonchev–Trinajstić information content (AvgIpc) is 2.57. The minimum atomic E-state index is 0.559. The van der Waals surface area contributed by atoms with Gasteiger partial charge in [0.15, 0.2) is 0 Å². The van der Waals surface area contributed by atoms with Crippen LogP contribution in [0.15, 0.2) is 18.2 Å². The van der Waals surface area contributed by atoms with Crippen molar-refractivity contribution in [1.82, 2.24) is 5.32 Å². The standard InChI is InChI=1S/C12H17NO/c1-9-8-14-12-7-10(5-6-13-2)3-4-11(9)12/h3-4,7,9,13H,5-6,8H2,1-2H3. The first kappa shape index (κ1) is 9.53. The molecule has 1 aliphatic heterocycles. The Bertz CT molecular complexity index is 322. The fraction of sp³-hybridized carbons (Fsp3) is 0.500. The molecule has 0 amide bonds. The van der Waals surface area contributed by atoms with Crippen molar-refractivity contribution < 1.29 is 4.74 Å². The highest BCUT2D eigenvalue weighted by atomic mass is 16.5. The maximum atomic E-state index is 5.61. The van der Waals surface area contributed by atoms with E-state index in [1.54, 1.807) is 0 Å². The van der Waals surface area contributed by atoms with Gasteiger partial charge < -0.3 is 10.1 Å². The number of fused-ring (bicyclic) bond motifs is 1. The molecular weight excluding hydrogens is 174 g/mol. The molecule has 0 aromatic heterocycles. The first-order chi connectivity index (χ1) is 6.81. The van der Waals surface area contributed by atoms with E-state index in [4.69, 9.17) is 4.74 Å². The zero-order valence-corrected chi connectivity index (χ0v) is 8.84. The summed E-state index contributed by atoms with van der Waals surface area (Å²) in [6.45, 7) is 4.07. The Morgan fingerprint density at radius 2 is 2.36 bits per heavy atom. The van der Waals surface area contributed by atoms with Gasteiger partial charge in [0.05, 0.1) is 6.61 Å². The number of hydrogen-bond acceptors (Lipinski definition) is 2. The molecule has 1 aromatic carbocycles. The zero-order chi connectivity index (χ0) is 9.97. The van der Waals surface area contributed by atoms with Gasteiger partial charge >= 0.3 is 0 Å². The Kier molecular flexibility index (Phi) is 2.73. The van der Waals surface area contributed by atoms with Crippen molar-refractivity contribution in [2.24, 2.45) is 0 Å². The van der Waals surface area contributed by atoms with Gasteiger partial charge in [0.1, 0.15) is 5.75 Å². The molecule has 0 spiro atoms. The summed E-state index contributed by atoms with van der Waals surface area (Å²) >= 11 is 0. The van der Waals surface area contributed by atoms with Gasteiger partial charge in [-0.2, -0.15) is 0 Å². The summed E-state index contributed by atoms with van der Waals surface area (Å²) in [6.07, 6.45) is 1.07. The molecule has 0 fully saturated rings. The number of likely N-dealkylation sites (N-methyl/N-ethyl adjacent to an activating group) is 1. The summed E-state index contributed by atoms with van der Waals surface area (Å²) in [5.41, 5.74) is 2.71. The summed E-state index contributed by atoms with van der Waals surface area (Å²) in [5, 5.41) is 3.15. The van der Waals surface area contributed by atoms with Gasteiger partial charge in [0.25, 0.3) is 0 Å². The Balaban J connectivity index is 2.15. The fourth-order valence-electron chi connectivity index (χ4n) is 1.84. The van der Waals surface area contributed by atoms with E-state index in [9.17, 15) is 0 Å². The molecule has 1 unspecified atom stereocenters. The SMILES string of the molecule is CNCCc1ccc2c(c1)OCC2C. The molecule has 1 atom stereocenters. The van der Waals surface area contributed by atoms with Crippen LogP contribution in [0.2, 0.25) is 0 Å². The second-order valence-electron chi connectivity index (χ2n) is 3.94. The van der Waals surface area contributed by atoms with Gasteiger partial charge in [-0.3, -0.25) is 0 Å². The Morgan fingerprint density at radius 3 is 3.14 bits per heavy atom. The maximum absolute atomic E-state index is 5.61. The van der Waals surface area contributed by atoms with E-state index in [1.807, 2.05) is 7.05 Å². The van der Waals surface area contributed by atoms with E-state index in [2.05, 4.69) is 30.4 Å². The minimum absolute atomic E-state index is 0.559. The highest BCUT2D eigenvalue weighted by molar-refractivity contribution is 5.42. The van der Waals surface area contributed by atoms with Crippen LogP contribution < -0.4 is 10.1 Å². The van der Waals surface area contributed by atoms with E-state index in [0.29, 0.717) is 5.92 Å². The summed E-state index contributed by atoms with van der Waals surface area (Å²) in [7, 11) is 1.98. The van der Waals surface area contributed by atoms with Gasteiger partial charge in [-0.1, -0.05) is 19.1 Å². The Labute approximate surface area is 85.3 Å². The maximum Gasteiger partial charge on any atom is 0.123 e.